The van der Waals surface area contributed by atoms with Crippen molar-refractivity contribution in [1.29, 1.82) is 0 Å². The minimum Gasteiger partial charge on any atom is -0.367 e. The lowest BCUT2D eigenvalue weighted by molar-refractivity contribution is -0.384. The molecule has 11 heteroatoms. The maximum atomic E-state index is 12.0. The standard InChI is InChI=1S/C19H18F3N3O5/c20-19(21,22)12-30-11-14-6-4-13(5-7-14)9-23-17(26)10-24-18(27)15-2-1-3-16(8-15)25(28)29/h1-8H,9-12H2,(H,23,26)(H,24,27). The van der Waals surface area contributed by atoms with Crippen LogP contribution in [0.3, 0.4) is 0 Å². The molecule has 30 heavy (non-hydrogen) atoms. The molecule has 0 spiro atoms. The number of nitro groups is 1. The van der Waals surface area contributed by atoms with Gasteiger partial charge in [-0.3, -0.25) is 19.7 Å². The fourth-order valence-corrected chi connectivity index (χ4v) is 2.32. The number of amides is 2. The van der Waals surface area contributed by atoms with Crippen molar-refractivity contribution >= 4 is 17.5 Å². The van der Waals surface area contributed by atoms with Gasteiger partial charge in [-0.1, -0.05) is 30.3 Å². The van der Waals surface area contributed by atoms with Crippen LogP contribution in [-0.4, -0.2) is 36.1 Å². The zero-order valence-electron chi connectivity index (χ0n) is 15.6. The van der Waals surface area contributed by atoms with Crippen LogP contribution >= 0.6 is 0 Å². The first kappa shape index (κ1) is 22.8. The predicted octanol–water partition coefficient (Wildman–Crippen LogP) is 2.72. The minimum absolute atomic E-state index is 0.0559. The van der Waals surface area contributed by atoms with Crippen LogP contribution in [0.15, 0.2) is 48.5 Å². The molecule has 0 radical (unpaired) electrons. The van der Waals surface area contributed by atoms with Crippen molar-refractivity contribution in [2.75, 3.05) is 13.2 Å². The van der Waals surface area contributed by atoms with E-state index in [0.717, 1.165) is 6.07 Å². The number of non-ortho nitro benzene ring substituents is 1. The molecular weight excluding hydrogens is 407 g/mol. The number of benzene rings is 2. The van der Waals surface area contributed by atoms with E-state index in [2.05, 4.69) is 15.4 Å². The molecule has 0 unspecified atom stereocenters. The molecule has 0 atom stereocenters. The van der Waals surface area contributed by atoms with Gasteiger partial charge in [0.1, 0.15) is 6.61 Å². The molecular formula is C19H18F3N3O5. The van der Waals surface area contributed by atoms with Gasteiger partial charge in [-0.25, -0.2) is 0 Å². The van der Waals surface area contributed by atoms with Gasteiger partial charge in [0, 0.05) is 24.2 Å². The van der Waals surface area contributed by atoms with Crippen LogP contribution in [0.4, 0.5) is 18.9 Å². The van der Waals surface area contributed by atoms with Gasteiger partial charge < -0.3 is 15.4 Å². The van der Waals surface area contributed by atoms with Crippen LogP contribution in [0, 0.1) is 10.1 Å². The zero-order valence-corrected chi connectivity index (χ0v) is 15.6. The summed E-state index contributed by atoms with van der Waals surface area (Å²) in [7, 11) is 0. The highest BCUT2D eigenvalue weighted by Crippen LogP contribution is 2.16. The van der Waals surface area contributed by atoms with E-state index >= 15 is 0 Å². The van der Waals surface area contributed by atoms with Crippen molar-refractivity contribution < 1.29 is 32.4 Å². The Hall–Kier alpha value is -3.47. The van der Waals surface area contributed by atoms with Crippen LogP contribution < -0.4 is 10.6 Å². The summed E-state index contributed by atoms with van der Waals surface area (Å²) in [6.45, 7) is -1.69. The highest BCUT2D eigenvalue weighted by molar-refractivity contribution is 5.96. The van der Waals surface area contributed by atoms with E-state index in [-0.39, 0.29) is 30.9 Å². The number of nitrogens with one attached hydrogen (secondary N) is 2. The second kappa shape index (κ2) is 10.3. The first-order chi connectivity index (χ1) is 14.1. The number of carbonyl (C=O) groups is 2. The number of hydrogen-bond donors (Lipinski definition) is 2. The quantitative estimate of drug-likeness (QED) is 0.474. The average Bonchev–Trinajstić information content (AvgIpc) is 2.70. The molecule has 0 aliphatic carbocycles. The third kappa shape index (κ3) is 7.87. The fourth-order valence-electron chi connectivity index (χ4n) is 2.32. The monoisotopic (exact) mass is 425 g/mol. The molecule has 2 aromatic rings. The second-order valence-corrected chi connectivity index (χ2v) is 6.19. The number of nitro benzene ring substituents is 1. The van der Waals surface area contributed by atoms with E-state index in [4.69, 9.17) is 0 Å². The van der Waals surface area contributed by atoms with Gasteiger partial charge in [-0.05, 0) is 17.2 Å². The Balaban J connectivity index is 1.74. The smallest absolute Gasteiger partial charge is 0.367 e. The molecule has 0 saturated carbocycles. The van der Waals surface area contributed by atoms with E-state index in [1.165, 1.54) is 18.2 Å². The minimum atomic E-state index is -4.38. The third-order valence-electron chi connectivity index (χ3n) is 3.78. The number of carbonyl (C=O) groups excluding carboxylic acids is 2. The molecule has 160 valence electrons. The molecule has 2 rings (SSSR count). The van der Waals surface area contributed by atoms with Crippen molar-refractivity contribution in [3.8, 4) is 0 Å². The Kier molecular flexibility index (Phi) is 7.87. The number of nitrogens with zero attached hydrogens (tertiary/aromatic N) is 1. The van der Waals surface area contributed by atoms with E-state index < -0.39 is 29.5 Å². The molecule has 0 aromatic heterocycles. The summed E-state index contributed by atoms with van der Waals surface area (Å²) in [4.78, 5) is 34.0. The van der Waals surface area contributed by atoms with Crippen molar-refractivity contribution in [3.05, 3.63) is 75.3 Å². The number of rotatable bonds is 9. The van der Waals surface area contributed by atoms with Crippen LogP contribution in [0.25, 0.3) is 0 Å². The van der Waals surface area contributed by atoms with Crippen molar-refractivity contribution in [3.63, 3.8) is 0 Å². The Bertz CT molecular complexity index is 901. The van der Waals surface area contributed by atoms with E-state index in [1.54, 1.807) is 24.3 Å². The lowest BCUT2D eigenvalue weighted by atomic mass is 10.1. The highest BCUT2D eigenvalue weighted by atomic mass is 19.4. The number of ether oxygens (including phenoxy) is 1. The highest BCUT2D eigenvalue weighted by Gasteiger charge is 2.27. The van der Waals surface area contributed by atoms with Crippen molar-refractivity contribution in [1.82, 2.24) is 10.6 Å². The summed E-state index contributed by atoms with van der Waals surface area (Å²) in [5.41, 5.74) is 1.08. The lowest BCUT2D eigenvalue weighted by Gasteiger charge is -2.09. The summed E-state index contributed by atoms with van der Waals surface area (Å²) in [5.74, 6) is -1.11. The number of alkyl halides is 3. The van der Waals surface area contributed by atoms with Crippen LogP contribution in [0.5, 0.6) is 0 Å². The fraction of sp³-hybridized carbons (Fsp3) is 0.263. The van der Waals surface area contributed by atoms with Crippen molar-refractivity contribution in [2.45, 2.75) is 19.3 Å². The van der Waals surface area contributed by atoms with Gasteiger partial charge in [0.15, 0.2) is 0 Å². The lowest BCUT2D eigenvalue weighted by Crippen LogP contribution is -2.36. The molecule has 8 nitrogen and oxygen atoms in total. The summed E-state index contributed by atoms with van der Waals surface area (Å²) < 4.78 is 40.7. The Labute approximate surface area is 169 Å². The normalized spacial score (nSPS) is 11.0. The average molecular weight is 425 g/mol. The van der Waals surface area contributed by atoms with Crippen LogP contribution in [0.2, 0.25) is 0 Å². The van der Waals surface area contributed by atoms with Gasteiger partial charge >= 0.3 is 6.18 Å². The first-order valence-electron chi connectivity index (χ1n) is 8.66. The molecule has 2 amide bonds. The largest absolute Gasteiger partial charge is 0.411 e. The molecule has 2 N–H and O–H groups in total. The summed E-state index contributed by atoms with van der Waals surface area (Å²) in [5, 5.41) is 15.7. The molecule has 0 aliphatic rings. The SMILES string of the molecule is O=C(CNC(=O)c1cccc([N+](=O)[O-])c1)NCc1ccc(COCC(F)(F)F)cc1. The molecule has 0 saturated heterocycles. The first-order valence-corrected chi connectivity index (χ1v) is 8.66. The topological polar surface area (TPSA) is 111 Å². The molecule has 0 bridgehead atoms. The van der Waals surface area contributed by atoms with E-state index in [1.807, 2.05) is 0 Å². The maximum Gasteiger partial charge on any atom is 0.411 e. The summed E-state index contributed by atoms with van der Waals surface area (Å²) in [6.07, 6.45) is -4.38. The summed E-state index contributed by atoms with van der Waals surface area (Å²) >= 11 is 0. The predicted molar refractivity (Wildman–Crippen MR) is 99.4 cm³/mol. The molecule has 0 heterocycles. The Morgan fingerprint density at radius 1 is 1.03 bits per heavy atom. The van der Waals surface area contributed by atoms with Gasteiger partial charge in [0.25, 0.3) is 11.6 Å². The Morgan fingerprint density at radius 2 is 1.70 bits per heavy atom. The molecule has 0 aliphatic heterocycles. The van der Waals surface area contributed by atoms with Gasteiger partial charge in [-0.15, -0.1) is 0 Å². The zero-order chi connectivity index (χ0) is 22.1. The second-order valence-electron chi connectivity index (χ2n) is 6.19. The van der Waals surface area contributed by atoms with Crippen LogP contribution in [-0.2, 0) is 22.7 Å². The van der Waals surface area contributed by atoms with E-state index in [0.29, 0.717) is 11.1 Å². The molecule has 0 fully saturated rings. The molecule has 2 aromatic carbocycles. The summed E-state index contributed by atoms with van der Waals surface area (Å²) in [6, 6.07) is 11.5. The van der Waals surface area contributed by atoms with Gasteiger partial charge in [0.05, 0.1) is 18.1 Å². The Morgan fingerprint density at radius 3 is 2.33 bits per heavy atom. The third-order valence-corrected chi connectivity index (χ3v) is 3.78. The van der Waals surface area contributed by atoms with Crippen molar-refractivity contribution in [2.24, 2.45) is 0 Å². The number of hydrogen-bond acceptors (Lipinski definition) is 5. The van der Waals surface area contributed by atoms with Gasteiger partial charge in [0.2, 0.25) is 5.91 Å². The van der Waals surface area contributed by atoms with Gasteiger partial charge in [-0.2, -0.15) is 13.2 Å². The van der Waals surface area contributed by atoms with Crippen LogP contribution in [0.1, 0.15) is 21.5 Å². The number of halogens is 3. The van der Waals surface area contributed by atoms with E-state index in [9.17, 15) is 32.9 Å². The maximum absolute atomic E-state index is 12.0.